The number of aromatic nitrogens is 2. The van der Waals surface area contributed by atoms with Crippen LogP contribution in [0.25, 0.3) is 27.3 Å². The summed E-state index contributed by atoms with van der Waals surface area (Å²) in [5, 5.41) is 6.81. The minimum atomic E-state index is -0.165. The smallest absolute Gasteiger partial charge is 0.259 e. The Morgan fingerprint density at radius 1 is 1.32 bits per heavy atom. The number of piperidine rings is 1. The number of fused-ring (bicyclic) bond motifs is 1. The van der Waals surface area contributed by atoms with E-state index in [1.807, 2.05) is 24.4 Å². The highest BCUT2D eigenvalue weighted by Crippen LogP contribution is 2.35. The van der Waals surface area contributed by atoms with Gasteiger partial charge in [-0.2, -0.15) is 0 Å². The Bertz CT molecular complexity index is 1140. The average Bonchev–Trinajstić information content (AvgIpc) is 3.09. The van der Waals surface area contributed by atoms with Crippen molar-refractivity contribution < 1.29 is 4.79 Å². The maximum absolute atomic E-state index is 12.7. The van der Waals surface area contributed by atoms with E-state index in [0.717, 1.165) is 52.0 Å². The molecule has 1 aliphatic rings. The normalized spacial score (nSPS) is 14.3. The highest BCUT2D eigenvalue weighted by Gasteiger charge is 2.14. The van der Waals surface area contributed by atoms with Gasteiger partial charge < -0.3 is 15.2 Å². The molecule has 144 valence electrons. The molecule has 0 saturated carbocycles. The molecule has 0 bridgehead atoms. The summed E-state index contributed by atoms with van der Waals surface area (Å²) in [4.78, 5) is 29.4. The van der Waals surface area contributed by atoms with Crippen molar-refractivity contribution in [2.24, 2.45) is 7.05 Å². The van der Waals surface area contributed by atoms with Gasteiger partial charge in [0.1, 0.15) is 5.82 Å². The number of carbonyl (C=O) groups is 1. The summed E-state index contributed by atoms with van der Waals surface area (Å²) in [5.41, 5.74) is 3.30. The minimum absolute atomic E-state index is 0.00102. The van der Waals surface area contributed by atoms with Gasteiger partial charge in [-0.05, 0) is 55.8 Å². The van der Waals surface area contributed by atoms with Gasteiger partial charge in [0, 0.05) is 41.5 Å². The van der Waals surface area contributed by atoms with E-state index >= 15 is 0 Å². The topological polar surface area (TPSA) is 76.0 Å². The second kappa shape index (κ2) is 7.69. The van der Waals surface area contributed by atoms with E-state index in [0.29, 0.717) is 5.82 Å². The average molecular weight is 395 g/mol. The molecule has 1 amide bonds. The molecule has 2 N–H and O–H groups in total. The first kappa shape index (κ1) is 18.6. The molecular weight excluding hydrogens is 372 g/mol. The van der Waals surface area contributed by atoms with E-state index in [2.05, 4.69) is 21.7 Å². The van der Waals surface area contributed by atoms with Crippen LogP contribution in [-0.2, 0) is 11.8 Å². The summed E-state index contributed by atoms with van der Waals surface area (Å²) in [5.74, 6) is 0.336. The van der Waals surface area contributed by atoms with Crippen LogP contribution in [0.15, 0.2) is 41.0 Å². The van der Waals surface area contributed by atoms with Crippen LogP contribution in [0, 0.1) is 0 Å². The lowest BCUT2D eigenvalue weighted by molar-refractivity contribution is -0.114. The number of hydrogen-bond donors (Lipinski definition) is 2. The number of hydrogen-bond acceptors (Lipinski definition) is 5. The number of anilines is 1. The van der Waals surface area contributed by atoms with E-state index in [-0.39, 0.29) is 11.5 Å². The molecule has 3 aromatic rings. The first-order chi connectivity index (χ1) is 13.5. The second-order valence-corrected chi connectivity index (χ2v) is 8.10. The molecule has 3 aromatic heterocycles. The molecule has 0 atom stereocenters. The summed E-state index contributed by atoms with van der Waals surface area (Å²) in [6.07, 6.45) is 7.84. The van der Waals surface area contributed by atoms with Gasteiger partial charge in [0.2, 0.25) is 5.91 Å². The van der Waals surface area contributed by atoms with Crippen LogP contribution in [0.4, 0.5) is 5.82 Å². The number of pyridine rings is 2. The third-order valence-electron chi connectivity index (χ3n) is 4.84. The van der Waals surface area contributed by atoms with Crippen LogP contribution >= 0.6 is 11.3 Å². The van der Waals surface area contributed by atoms with Crippen molar-refractivity contribution in [3.05, 3.63) is 51.4 Å². The van der Waals surface area contributed by atoms with Crippen LogP contribution in [0.1, 0.15) is 24.6 Å². The summed E-state index contributed by atoms with van der Waals surface area (Å²) in [6.45, 7) is 3.47. The van der Waals surface area contributed by atoms with Crippen molar-refractivity contribution in [2.45, 2.75) is 19.8 Å². The summed E-state index contributed by atoms with van der Waals surface area (Å²) >= 11 is 1.64. The zero-order chi connectivity index (χ0) is 19.7. The number of thiophene rings is 1. The van der Waals surface area contributed by atoms with Crippen molar-refractivity contribution in [1.29, 1.82) is 0 Å². The maximum Gasteiger partial charge on any atom is 0.259 e. The third-order valence-corrected chi connectivity index (χ3v) is 5.95. The molecule has 4 heterocycles. The molecule has 7 heteroatoms. The van der Waals surface area contributed by atoms with Crippen LogP contribution in [-0.4, -0.2) is 28.5 Å². The number of carbonyl (C=O) groups excluding carboxylic acids is 1. The molecule has 0 aliphatic carbocycles. The molecule has 4 rings (SSSR count). The van der Waals surface area contributed by atoms with Crippen molar-refractivity contribution in [1.82, 2.24) is 14.9 Å². The maximum atomic E-state index is 12.7. The Morgan fingerprint density at radius 3 is 2.86 bits per heavy atom. The Morgan fingerprint density at radius 2 is 2.11 bits per heavy atom. The Labute approximate surface area is 166 Å². The predicted molar refractivity (Wildman–Crippen MR) is 115 cm³/mol. The van der Waals surface area contributed by atoms with Crippen LogP contribution < -0.4 is 16.2 Å². The van der Waals surface area contributed by atoms with Crippen molar-refractivity contribution in [2.75, 3.05) is 18.4 Å². The number of nitrogens with zero attached hydrogens (tertiary/aromatic N) is 2. The molecular formula is C21H22N4O2S. The van der Waals surface area contributed by atoms with E-state index in [4.69, 9.17) is 0 Å². The van der Waals surface area contributed by atoms with Crippen LogP contribution in [0.3, 0.4) is 0 Å². The summed E-state index contributed by atoms with van der Waals surface area (Å²) in [6, 6.07) is 5.73. The lowest BCUT2D eigenvalue weighted by Crippen LogP contribution is -2.22. The highest BCUT2D eigenvalue weighted by atomic mass is 32.1. The zero-order valence-electron chi connectivity index (χ0n) is 15.9. The Hall–Kier alpha value is -2.77. The standard InChI is InChI=1S/C21H22N4O2S/c1-13(26)24-19-10-15(5-8-23-19)18-12-25(2)21(27)17-11-16(28-20(17)18)9-14-3-6-22-7-4-14/h5,8-12,22H,3-4,6-7H2,1-2H3,(H,23,24,26). The monoisotopic (exact) mass is 394 g/mol. The van der Waals surface area contributed by atoms with Crippen molar-refractivity contribution >= 4 is 39.2 Å². The number of amides is 1. The van der Waals surface area contributed by atoms with Gasteiger partial charge >= 0.3 is 0 Å². The van der Waals surface area contributed by atoms with Gasteiger partial charge in [0.05, 0.1) is 5.39 Å². The number of rotatable bonds is 3. The van der Waals surface area contributed by atoms with Gasteiger partial charge in [-0.1, -0.05) is 5.57 Å². The Kier molecular flexibility index (Phi) is 5.11. The van der Waals surface area contributed by atoms with Gasteiger partial charge in [0.25, 0.3) is 5.56 Å². The van der Waals surface area contributed by atoms with Crippen molar-refractivity contribution in [3.63, 3.8) is 0 Å². The summed E-state index contributed by atoms with van der Waals surface area (Å²) < 4.78 is 2.58. The molecule has 1 fully saturated rings. The SMILES string of the molecule is CC(=O)Nc1cc(-c2cn(C)c(=O)c3cc(C=C4CCNCC4)sc23)ccn1. The first-order valence-corrected chi connectivity index (χ1v) is 10.1. The van der Waals surface area contributed by atoms with Crippen molar-refractivity contribution in [3.8, 4) is 11.1 Å². The molecule has 0 unspecified atom stereocenters. The van der Waals surface area contributed by atoms with E-state index < -0.39 is 0 Å². The molecule has 0 radical (unpaired) electrons. The fourth-order valence-corrected chi connectivity index (χ4v) is 4.66. The number of nitrogens with one attached hydrogen (secondary N) is 2. The highest BCUT2D eigenvalue weighted by molar-refractivity contribution is 7.20. The van der Waals surface area contributed by atoms with Crippen LogP contribution in [0.5, 0.6) is 0 Å². The summed E-state index contributed by atoms with van der Waals surface area (Å²) in [7, 11) is 1.77. The molecule has 28 heavy (non-hydrogen) atoms. The number of aryl methyl sites for hydroxylation is 1. The molecule has 1 aliphatic heterocycles. The molecule has 0 aromatic carbocycles. The van der Waals surface area contributed by atoms with Gasteiger partial charge in [-0.15, -0.1) is 11.3 Å². The fraction of sp³-hybridized carbons (Fsp3) is 0.286. The van der Waals surface area contributed by atoms with Gasteiger partial charge in [-0.3, -0.25) is 9.59 Å². The quantitative estimate of drug-likeness (QED) is 0.714. The first-order valence-electron chi connectivity index (χ1n) is 9.28. The largest absolute Gasteiger partial charge is 0.317 e. The Balaban J connectivity index is 1.84. The van der Waals surface area contributed by atoms with Gasteiger partial charge in [-0.25, -0.2) is 4.98 Å². The predicted octanol–water partition coefficient (Wildman–Crippen LogP) is 3.39. The second-order valence-electron chi connectivity index (χ2n) is 7.01. The molecule has 6 nitrogen and oxygen atoms in total. The van der Waals surface area contributed by atoms with E-state index in [1.54, 1.807) is 29.1 Å². The van der Waals surface area contributed by atoms with E-state index in [9.17, 15) is 9.59 Å². The fourth-order valence-electron chi connectivity index (χ4n) is 3.49. The minimum Gasteiger partial charge on any atom is -0.317 e. The van der Waals surface area contributed by atoms with Gasteiger partial charge in [0.15, 0.2) is 0 Å². The van der Waals surface area contributed by atoms with E-state index in [1.165, 1.54) is 12.5 Å². The third kappa shape index (κ3) is 3.76. The molecule has 0 spiro atoms. The zero-order valence-corrected chi connectivity index (χ0v) is 16.7. The lowest BCUT2D eigenvalue weighted by atomic mass is 10.0. The molecule has 1 saturated heterocycles. The lowest BCUT2D eigenvalue weighted by Gasteiger charge is -2.14. The van der Waals surface area contributed by atoms with Crippen LogP contribution in [0.2, 0.25) is 0 Å².